The topological polar surface area (TPSA) is 165 Å². The maximum Gasteiger partial charge on any atom is 0.392 e. The van der Waals surface area contributed by atoms with Gasteiger partial charge in [-0.2, -0.15) is 5.26 Å². The molecular formula is C27H24ClN10O3+. The van der Waals surface area contributed by atoms with Crippen LogP contribution in [0.3, 0.4) is 0 Å². The molecule has 4 rings (SSSR count). The number of halogens is 1. The first kappa shape index (κ1) is 28.6. The molecule has 1 aromatic carbocycles. The number of pyridine rings is 1. The Labute approximate surface area is 239 Å². The fourth-order valence-corrected chi connectivity index (χ4v) is 4.17. The minimum atomic E-state index is -0.605. The molecule has 0 saturated carbocycles. The molecule has 3 aromatic heterocycles. The quantitative estimate of drug-likeness (QED) is 0.100. The maximum atomic E-state index is 12.6. The lowest BCUT2D eigenvalue weighted by molar-refractivity contribution is -0.898. The van der Waals surface area contributed by atoms with Crippen molar-refractivity contribution in [3.63, 3.8) is 0 Å². The Morgan fingerprint density at radius 3 is 2.78 bits per heavy atom. The van der Waals surface area contributed by atoms with Gasteiger partial charge >= 0.3 is 11.6 Å². The number of benzene rings is 1. The number of rotatable bonds is 9. The Morgan fingerprint density at radius 1 is 1.29 bits per heavy atom. The van der Waals surface area contributed by atoms with Crippen LogP contribution < -0.4 is 10.6 Å². The molecule has 0 fully saturated rings. The zero-order valence-corrected chi connectivity index (χ0v) is 23.0. The van der Waals surface area contributed by atoms with E-state index < -0.39 is 10.8 Å². The summed E-state index contributed by atoms with van der Waals surface area (Å²) in [5.74, 6) is 2.48. The lowest BCUT2D eigenvalue weighted by atomic mass is 10.2. The van der Waals surface area contributed by atoms with Crippen molar-refractivity contribution in [2.45, 2.75) is 6.54 Å². The van der Waals surface area contributed by atoms with Crippen LogP contribution >= 0.6 is 11.6 Å². The summed E-state index contributed by atoms with van der Waals surface area (Å²) >= 11 is 6.10. The van der Waals surface area contributed by atoms with Crippen molar-refractivity contribution in [2.75, 3.05) is 31.3 Å². The molecule has 206 valence electrons. The number of nitrogens with one attached hydrogen (secondary N) is 2. The van der Waals surface area contributed by atoms with Gasteiger partial charge in [0.15, 0.2) is 11.8 Å². The molecule has 0 radical (unpaired) electrons. The van der Waals surface area contributed by atoms with Crippen LogP contribution in [0.15, 0.2) is 48.9 Å². The number of nitro groups is 1. The van der Waals surface area contributed by atoms with Gasteiger partial charge in [0.1, 0.15) is 24.5 Å². The lowest BCUT2D eigenvalue weighted by Gasteiger charge is -2.28. The van der Waals surface area contributed by atoms with Crippen LogP contribution in [0.4, 0.5) is 23.1 Å². The Bertz CT molecular complexity index is 1780. The van der Waals surface area contributed by atoms with Crippen LogP contribution in [-0.4, -0.2) is 60.5 Å². The SMILES string of the molecule is C#Cc1cc(Nc2ncnc3cnc(NC(=O)/C=C/C[N+](C)(C)Cc4c([N+](=O)[O-])nc(C#N)n4C)cc23)ccc1Cl. The number of hydrogen-bond donors (Lipinski definition) is 2. The van der Waals surface area contributed by atoms with Crippen LogP contribution in [0.2, 0.25) is 5.02 Å². The fourth-order valence-electron chi connectivity index (χ4n) is 4.00. The summed E-state index contributed by atoms with van der Waals surface area (Å²) in [6.07, 6.45) is 11.4. The molecular weight excluding hydrogens is 548 g/mol. The van der Waals surface area contributed by atoms with Crippen molar-refractivity contribution in [3.05, 3.63) is 81.2 Å². The first-order valence-electron chi connectivity index (χ1n) is 12.0. The van der Waals surface area contributed by atoms with Gasteiger partial charge in [0, 0.05) is 29.8 Å². The van der Waals surface area contributed by atoms with Crippen molar-refractivity contribution in [1.29, 1.82) is 5.26 Å². The first-order chi connectivity index (χ1) is 19.5. The van der Waals surface area contributed by atoms with Crippen molar-refractivity contribution in [3.8, 4) is 18.4 Å². The number of carbonyl (C=O) groups excluding carboxylic acids is 1. The van der Waals surface area contributed by atoms with Crippen LogP contribution in [-0.2, 0) is 18.4 Å². The number of imidazole rings is 1. The Hall–Kier alpha value is -5.37. The zero-order valence-electron chi connectivity index (χ0n) is 22.3. The largest absolute Gasteiger partial charge is 0.392 e. The second-order valence-corrected chi connectivity index (χ2v) is 9.98. The van der Waals surface area contributed by atoms with Gasteiger partial charge in [0.25, 0.3) is 0 Å². The molecule has 3 heterocycles. The number of anilines is 3. The minimum absolute atomic E-state index is 0.0428. The van der Waals surface area contributed by atoms with E-state index in [0.717, 1.165) is 0 Å². The Kier molecular flexibility index (Phi) is 8.24. The van der Waals surface area contributed by atoms with Crippen LogP contribution in [0.25, 0.3) is 10.9 Å². The molecule has 0 spiro atoms. The zero-order chi connectivity index (χ0) is 29.7. The predicted octanol–water partition coefficient (Wildman–Crippen LogP) is 3.69. The number of hydrogen-bond acceptors (Lipinski definition) is 9. The third kappa shape index (κ3) is 6.62. The average Bonchev–Trinajstić information content (AvgIpc) is 3.24. The standard InChI is InChI=1S/C27H23ClN10O3/c1-5-17-11-18(8-9-20(17)28)33-26-19-12-23(30-14-21(19)31-16-32-26)34-25(39)7-6-10-38(3,4)15-22-27(37(40)41)35-24(13-29)36(22)2/h1,6-9,11-12,14,16H,10,15H2,2-4H3,(H-,30,31,32,33,34,39)/p+1/b7-6+. The first-order valence-corrected chi connectivity index (χ1v) is 12.4. The molecule has 13 nitrogen and oxygen atoms in total. The second kappa shape index (κ2) is 11.8. The van der Waals surface area contributed by atoms with E-state index >= 15 is 0 Å². The molecule has 14 heteroatoms. The number of nitrogens with zero attached hydrogens (tertiary/aromatic N) is 8. The molecule has 0 unspecified atom stereocenters. The summed E-state index contributed by atoms with van der Waals surface area (Å²) < 4.78 is 1.68. The highest BCUT2D eigenvalue weighted by Gasteiger charge is 2.30. The fraction of sp³-hybridized carbons (Fsp3) is 0.185. The van der Waals surface area contributed by atoms with Crippen molar-refractivity contribution in [1.82, 2.24) is 24.5 Å². The number of likely N-dealkylation sites (N-methyl/N-ethyl adjacent to an activating group) is 1. The van der Waals surface area contributed by atoms with E-state index in [9.17, 15) is 20.2 Å². The molecule has 0 aliphatic heterocycles. The number of amides is 1. The van der Waals surface area contributed by atoms with E-state index in [1.165, 1.54) is 23.2 Å². The highest BCUT2D eigenvalue weighted by molar-refractivity contribution is 6.31. The molecule has 0 saturated heterocycles. The summed E-state index contributed by atoms with van der Waals surface area (Å²) in [5.41, 5.74) is 2.08. The normalized spacial score (nSPS) is 11.3. The molecule has 0 aliphatic rings. The van der Waals surface area contributed by atoms with Gasteiger partial charge in [-0.1, -0.05) is 17.5 Å². The molecule has 0 aliphatic carbocycles. The van der Waals surface area contributed by atoms with Gasteiger partial charge in [-0.15, -0.1) is 6.42 Å². The van der Waals surface area contributed by atoms with Gasteiger partial charge in [-0.05, 0) is 40.2 Å². The predicted molar refractivity (Wildman–Crippen MR) is 153 cm³/mol. The molecule has 4 aromatic rings. The molecule has 0 atom stereocenters. The van der Waals surface area contributed by atoms with E-state index in [1.807, 2.05) is 20.2 Å². The van der Waals surface area contributed by atoms with Gasteiger partial charge in [-0.25, -0.2) is 15.0 Å². The molecule has 41 heavy (non-hydrogen) atoms. The third-order valence-corrected chi connectivity index (χ3v) is 6.40. The molecule has 0 bridgehead atoms. The van der Waals surface area contributed by atoms with Crippen LogP contribution in [0.5, 0.6) is 0 Å². The number of aromatic nitrogens is 5. The molecule has 1 amide bonds. The summed E-state index contributed by atoms with van der Waals surface area (Å²) in [6.45, 7) is 0.581. The highest BCUT2D eigenvalue weighted by atomic mass is 35.5. The summed E-state index contributed by atoms with van der Waals surface area (Å²) in [6, 6.07) is 8.67. The second-order valence-electron chi connectivity index (χ2n) is 9.57. The van der Waals surface area contributed by atoms with Gasteiger partial charge in [0.05, 0.1) is 37.4 Å². The smallest absolute Gasteiger partial charge is 0.358 e. The Balaban J connectivity index is 1.46. The number of quaternary nitrogens is 1. The number of carbonyl (C=O) groups is 1. The monoisotopic (exact) mass is 571 g/mol. The van der Waals surface area contributed by atoms with Gasteiger partial charge in [-0.3, -0.25) is 9.36 Å². The maximum absolute atomic E-state index is 12.6. The van der Waals surface area contributed by atoms with Gasteiger partial charge < -0.3 is 25.2 Å². The van der Waals surface area contributed by atoms with E-state index in [4.69, 9.17) is 18.0 Å². The van der Waals surface area contributed by atoms with E-state index in [2.05, 4.69) is 36.5 Å². The van der Waals surface area contributed by atoms with E-state index in [0.29, 0.717) is 45.2 Å². The van der Waals surface area contributed by atoms with Crippen molar-refractivity contribution in [2.24, 2.45) is 7.05 Å². The highest BCUT2D eigenvalue weighted by Crippen LogP contribution is 2.27. The van der Waals surface area contributed by atoms with E-state index in [-0.39, 0.29) is 28.5 Å². The van der Waals surface area contributed by atoms with Crippen LogP contribution in [0.1, 0.15) is 17.1 Å². The molecule has 2 N–H and O–H groups in total. The number of terminal acetylenes is 1. The summed E-state index contributed by atoms with van der Waals surface area (Å²) in [5, 5.41) is 27.6. The van der Waals surface area contributed by atoms with Crippen molar-refractivity contribution < 1.29 is 14.2 Å². The summed E-state index contributed by atoms with van der Waals surface area (Å²) in [4.78, 5) is 40.1. The van der Waals surface area contributed by atoms with E-state index in [1.54, 1.807) is 37.4 Å². The number of nitriles is 1. The minimum Gasteiger partial charge on any atom is -0.358 e. The lowest BCUT2D eigenvalue weighted by Crippen LogP contribution is -2.39. The number of fused-ring (bicyclic) bond motifs is 1. The van der Waals surface area contributed by atoms with Gasteiger partial charge in [0.2, 0.25) is 5.91 Å². The van der Waals surface area contributed by atoms with Crippen molar-refractivity contribution >= 4 is 51.6 Å². The average molecular weight is 572 g/mol. The van der Waals surface area contributed by atoms with Crippen LogP contribution in [0, 0.1) is 33.8 Å². The third-order valence-electron chi connectivity index (χ3n) is 6.07. The Morgan fingerprint density at radius 2 is 2.07 bits per heavy atom. The summed E-state index contributed by atoms with van der Waals surface area (Å²) in [7, 11) is 5.25.